The normalized spacial score (nSPS) is 12.3. The molecule has 0 fully saturated rings. The minimum Gasteiger partial charge on any atom is -0.484 e. The van der Waals surface area contributed by atoms with Crippen LogP contribution in [0.15, 0.2) is 84.9 Å². The predicted octanol–water partition coefficient (Wildman–Crippen LogP) is 4.63. The van der Waals surface area contributed by atoms with Gasteiger partial charge >= 0.3 is 0 Å². The van der Waals surface area contributed by atoms with Crippen LogP contribution in [0.4, 0.5) is 5.69 Å². The van der Waals surface area contributed by atoms with Gasteiger partial charge in [-0.1, -0.05) is 54.6 Å². The largest absolute Gasteiger partial charge is 0.484 e. The standard InChI is InChI=1S/C26H17NO4/c28-24(27-18-10-9-16-5-1-2-6-17(16)13-18)15-31-19-11-12-22-23(14-19)26(30)21-8-4-3-7-20(21)25(22)29/h1-14H,15H2,(H,27,28). The first kappa shape index (κ1) is 18.8. The summed E-state index contributed by atoms with van der Waals surface area (Å²) in [6.07, 6.45) is 0. The number of ether oxygens (including phenoxy) is 1. The summed E-state index contributed by atoms with van der Waals surface area (Å²) in [6.45, 7) is -0.218. The maximum atomic E-state index is 12.8. The Morgan fingerprint density at radius 3 is 2.10 bits per heavy atom. The molecule has 0 saturated heterocycles. The summed E-state index contributed by atoms with van der Waals surface area (Å²) in [5.74, 6) is -0.379. The van der Waals surface area contributed by atoms with Crippen molar-refractivity contribution >= 4 is 33.9 Å². The molecule has 5 rings (SSSR count). The Morgan fingerprint density at radius 2 is 1.32 bits per heavy atom. The second kappa shape index (κ2) is 7.54. The van der Waals surface area contributed by atoms with Crippen molar-refractivity contribution < 1.29 is 19.1 Å². The molecule has 1 amide bonds. The Hall–Kier alpha value is -4.25. The molecule has 4 aromatic rings. The number of hydrogen-bond donors (Lipinski definition) is 1. The van der Waals surface area contributed by atoms with E-state index in [0.717, 1.165) is 10.8 Å². The highest BCUT2D eigenvalue weighted by Crippen LogP contribution is 2.29. The van der Waals surface area contributed by atoms with Gasteiger partial charge in [-0.05, 0) is 41.1 Å². The molecule has 0 saturated carbocycles. The Balaban J connectivity index is 1.30. The lowest BCUT2D eigenvalue weighted by atomic mass is 9.84. The molecule has 4 aromatic carbocycles. The molecule has 1 aliphatic carbocycles. The maximum absolute atomic E-state index is 12.8. The topological polar surface area (TPSA) is 72.5 Å². The second-order valence-corrected chi connectivity index (χ2v) is 7.31. The van der Waals surface area contributed by atoms with Crippen LogP contribution in [-0.4, -0.2) is 24.1 Å². The van der Waals surface area contributed by atoms with Gasteiger partial charge in [0.25, 0.3) is 5.91 Å². The molecule has 31 heavy (non-hydrogen) atoms. The van der Waals surface area contributed by atoms with Crippen LogP contribution in [-0.2, 0) is 4.79 Å². The first-order valence-corrected chi connectivity index (χ1v) is 9.84. The van der Waals surface area contributed by atoms with Crippen LogP contribution in [0.3, 0.4) is 0 Å². The van der Waals surface area contributed by atoms with Crippen LogP contribution >= 0.6 is 0 Å². The van der Waals surface area contributed by atoms with Gasteiger partial charge < -0.3 is 10.1 Å². The minimum atomic E-state index is -0.319. The van der Waals surface area contributed by atoms with Gasteiger partial charge in [-0.25, -0.2) is 0 Å². The summed E-state index contributed by atoms with van der Waals surface area (Å²) in [4.78, 5) is 37.8. The number of benzene rings is 4. The molecule has 0 radical (unpaired) electrons. The molecule has 150 valence electrons. The first-order chi connectivity index (χ1) is 15.1. The SMILES string of the molecule is O=C(COc1ccc2c(c1)C(=O)c1ccccc1C2=O)Nc1ccc2ccccc2c1. The number of fused-ring (bicyclic) bond motifs is 3. The summed E-state index contributed by atoms with van der Waals surface area (Å²) >= 11 is 0. The Labute approximate surface area is 178 Å². The zero-order valence-corrected chi connectivity index (χ0v) is 16.4. The molecule has 5 heteroatoms. The van der Waals surface area contributed by atoms with Crippen LogP contribution in [0, 0.1) is 0 Å². The number of amides is 1. The van der Waals surface area contributed by atoms with Crippen molar-refractivity contribution in [2.45, 2.75) is 0 Å². The Kier molecular flexibility index (Phi) is 4.56. The molecule has 0 aromatic heterocycles. The van der Waals surface area contributed by atoms with Crippen LogP contribution in [0.2, 0.25) is 0 Å². The summed E-state index contributed by atoms with van der Waals surface area (Å²) in [7, 11) is 0. The highest BCUT2D eigenvalue weighted by Gasteiger charge is 2.29. The van der Waals surface area contributed by atoms with Crippen molar-refractivity contribution in [3.05, 3.63) is 107 Å². The third-order valence-corrected chi connectivity index (χ3v) is 5.30. The molecular formula is C26H17NO4. The number of hydrogen-bond acceptors (Lipinski definition) is 4. The molecule has 0 spiro atoms. The van der Waals surface area contributed by atoms with Crippen LogP contribution in [0.5, 0.6) is 5.75 Å². The Morgan fingerprint density at radius 1 is 0.677 bits per heavy atom. The molecule has 0 aliphatic heterocycles. The summed E-state index contributed by atoms with van der Waals surface area (Å²) in [5, 5.41) is 4.93. The van der Waals surface area contributed by atoms with Gasteiger partial charge in [0, 0.05) is 27.9 Å². The molecular weight excluding hydrogens is 390 g/mol. The highest BCUT2D eigenvalue weighted by molar-refractivity contribution is 6.28. The molecule has 0 unspecified atom stereocenters. The van der Waals surface area contributed by atoms with E-state index in [1.54, 1.807) is 36.4 Å². The fraction of sp³-hybridized carbons (Fsp3) is 0.0385. The summed E-state index contributed by atoms with van der Waals surface area (Å²) < 4.78 is 5.59. The fourth-order valence-corrected chi connectivity index (χ4v) is 3.78. The quantitative estimate of drug-likeness (QED) is 0.471. The van der Waals surface area contributed by atoms with E-state index < -0.39 is 0 Å². The van der Waals surface area contributed by atoms with Crippen LogP contribution in [0.25, 0.3) is 10.8 Å². The van der Waals surface area contributed by atoms with Gasteiger partial charge in [0.15, 0.2) is 18.2 Å². The van der Waals surface area contributed by atoms with Gasteiger partial charge in [0.2, 0.25) is 0 Å². The monoisotopic (exact) mass is 407 g/mol. The van der Waals surface area contributed by atoms with E-state index in [9.17, 15) is 14.4 Å². The number of carbonyl (C=O) groups excluding carboxylic acids is 3. The minimum absolute atomic E-state index is 0.189. The molecule has 1 aliphatic rings. The fourth-order valence-electron chi connectivity index (χ4n) is 3.78. The van der Waals surface area contributed by atoms with E-state index in [1.807, 2.05) is 42.5 Å². The van der Waals surface area contributed by atoms with Crippen molar-refractivity contribution in [1.82, 2.24) is 0 Å². The number of ketones is 2. The average molecular weight is 407 g/mol. The second-order valence-electron chi connectivity index (χ2n) is 7.31. The van der Waals surface area contributed by atoms with Gasteiger partial charge in [0.05, 0.1) is 0 Å². The lowest BCUT2D eigenvalue weighted by molar-refractivity contribution is -0.118. The molecule has 1 N–H and O–H groups in total. The smallest absolute Gasteiger partial charge is 0.262 e. The van der Waals surface area contributed by atoms with E-state index in [4.69, 9.17) is 4.74 Å². The number of rotatable bonds is 4. The zero-order chi connectivity index (χ0) is 21.4. The first-order valence-electron chi connectivity index (χ1n) is 9.84. The third-order valence-electron chi connectivity index (χ3n) is 5.30. The third kappa shape index (κ3) is 3.46. The van der Waals surface area contributed by atoms with E-state index in [0.29, 0.717) is 28.1 Å². The predicted molar refractivity (Wildman–Crippen MR) is 118 cm³/mol. The highest BCUT2D eigenvalue weighted by atomic mass is 16.5. The van der Waals surface area contributed by atoms with E-state index in [2.05, 4.69) is 5.32 Å². The molecule has 0 bridgehead atoms. The molecule has 0 atom stereocenters. The lowest BCUT2D eigenvalue weighted by Crippen LogP contribution is -2.22. The van der Waals surface area contributed by atoms with Crippen molar-refractivity contribution in [2.24, 2.45) is 0 Å². The number of anilines is 1. The van der Waals surface area contributed by atoms with Crippen LogP contribution < -0.4 is 10.1 Å². The number of carbonyl (C=O) groups is 3. The van der Waals surface area contributed by atoms with Crippen LogP contribution in [0.1, 0.15) is 31.8 Å². The van der Waals surface area contributed by atoms with Gasteiger partial charge in [-0.15, -0.1) is 0 Å². The van der Waals surface area contributed by atoms with Crippen molar-refractivity contribution in [3.8, 4) is 5.75 Å². The van der Waals surface area contributed by atoms with Crippen molar-refractivity contribution in [2.75, 3.05) is 11.9 Å². The average Bonchev–Trinajstić information content (AvgIpc) is 2.81. The molecule has 5 nitrogen and oxygen atoms in total. The maximum Gasteiger partial charge on any atom is 0.262 e. The van der Waals surface area contributed by atoms with Gasteiger partial charge in [-0.2, -0.15) is 0 Å². The summed E-state index contributed by atoms with van der Waals surface area (Å²) in [5.41, 5.74) is 2.09. The Bertz CT molecular complexity index is 1370. The lowest BCUT2D eigenvalue weighted by Gasteiger charge is -2.18. The van der Waals surface area contributed by atoms with Crippen molar-refractivity contribution in [1.29, 1.82) is 0 Å². The van der Waals surface area contributed by atoms with E-state index in [-0.39, 0.29) is 29.6 Å². The van der Waals surface area contributed by atoms with Crippen molar-refractivity contribution in [3.63, 3.8) is 0 Å². The molecule has 0 heterocycles. The van der Waals surface area contributed by atoms with Gasteiger partial charge in [-0.3, -0.25) is 14.4 Å². The number of nitrogens with one attached hydrogen (secondary N) is 1. The van der Waals surface area contributed by atoms with Gasteiger partial charge in [0.1, 0.15) is 5.75 Å². The van der Waals surface area contributed by atoms with E-state index >= 15 is 0 Å². The van der Waals surface area contributed by atoms with E-state index in [1.165, 1.54) is 6.07 Å². The summed E-state index contributed by atoms with van der Waals surface area (Å²) in [6, 6.07) is 25.0. The zero-order valence-electron chi connectivity index (χ0n) is 16.4.